The van der Waals surface area contributed by atoms with Gasteiger partial charge in [0.2, 0.25) is 5.95 Å². The molecule has 1 aliphatic heterocycles. The van der Waals surface area contributed by atoms with Crippen LogP contribution in [0.15, 0.2) is 55.2 Å². The lowest BCUT2D eigenvalue weighted by atomic mass is 10.3. The van der Waals surface area contributed by atoms with Crippen LogP contribution in [0.4, 0.5) is 29.0 Å². The van der Waals surface area contributed by atoms with Crippen molar-refractivity contribution in [2.45, 2.75) is 0 Å². The van der Waals surface area contributed by atoms with Crippen molar-refractivity contribution in [3.05, 3.63) is 55.2 Å². The second-order valence-corrected chi connectivity index (χ2v) is 7.01. The number of nitrogens with zero attached hydrogens (tertiary/aromatic N) is 6. The van der Waals surface area contributed by atoms with E-state index in [2.05, 4.69) is 30.5 Å². The molecule has 0 aromatic carbocycles. The fourth-order valence-corrected chi connectivity index (χ4v) is 3.37. The zero-order chi connectivity index (χ0) is 21.0. The van der Waals surface area contributed by atoms with Crippen LogP contribution in [0.25, 0.3) is 5.65 Å². The minimum absolute atomic E-state index is 0.462. The summed E-state index contributed by atoms with van der Waals surface area (Å²) in [6, 6.07) is 7.73. The Balaban J connectivity index is 1.47. The van der Waals surface area contributed by atoms with Gasteiger partial charge in [0.1, 0.15) is 23.0 Å². The van der Waals surface area contributed by atoms with E-state index >= 15 is 0 Å². The van der Waals surface area contributed by atoms with Gasteiger partial charge in [-0.3, -0.25) is 4.98 Å². The van der Waals surface area contributed by atoms with Crippen LogP contribution in [0.1, 0.15) is 0 Å². The molecule has 1 aliphatic rings. The first-order valence-corrected chi connectivity index (χ1v) is 9.94. The summed E-state index contributed by atoms with van der Waals surface area (Å²) >= 11 is 0. The molecule has 158 valence electrons. The third-order valence-corrected chi connectivity index (χ3v) is 4.92. The second kappa shape index (κ2) is 8.44. The number of hydrogen-bond acceptors (Lipinski definition) is 9. The standard InChI is InChI=1S/C21H22N8O2/c1-30-17-10-16(13-22-14-17)25-21-26-18(12-20(27-21)29-6-8-31-9-7-29)24-15-2-4-28-5-3-23-19(28)11-15/h2-5,10-14H,6-9H2,1H3,(H2,24,25,26,27). The van der Waals surface area contributed by atoms with Gasteiger partial charge < -0.3 is 29.4 Å². The molecule has 5 rings (SSSR count). The van der Waals surface area contributed by atoms with Crippen molar-refractivity contribution in [2.75, 3.05) is 48.9 Å². The highest BCUT2D eigenvalue weighted by atomic mass is 16.5. The fourth-order valence-electron chi connectivity index (χ4n) is 3.37. The Kier molecular flexibility index (Phi) is 5.19. The van der Waals surface area contributed by atoms with Crippen LogP contribution in [0.2, 0.25) is 0 Å². The predicted molar refractivity (Wildman–Crippen MR) is 118 cm³/mol. The zero-order valence-electron chi connectivity index (χ0n) is 17.0. The van der Waals surface area contributed by atoms with Gasteiger partial charge in [-0.15, -0.1) is 0 Å². The Morgan fingerprint density at radius 1 is 1.00 bits per heavy atom. The lowest BCUT2D eigenvalue weighted by Gasteiger charge is -2.28. The Morgan fingerprint density at radius 2 is 1.90 bits per heavy atom. The lowest BCUT2D eigenvalue weighted by molar-refractivity contribution is 0.122. The SMILES string of the molecule is COc1cncc(Nc2nc(Nc3ccn4ccnc4c3)cc(N3CCOCC3)n2)c1. The summed E-state index contributed by atoms with van der Waals surface area (Å²) in [7, 11) is 1.61. The molecule has 0 unspecified atom stereocenters. The molecule has 10 heteroatoms. The van der Waals surface area contributed by atoms with Crippen molar-refractivity contribution in [2.24, 2.45) is 0 Å². The molecule has 4 aromatic rings. The monoisotopic (exact) mass is 418 g/mol. The average molecular weight is 418 g/mol. The number of ether oxygens (including phenoxy) is 2. The maximum absolute atomic E-state index is 5.48. The van der Waals surface area contributed by atoms with Crippen LogP contribution in [0.5, 0.6) is 5.75 Å². The van der Waals surface area contributed by atoms with Gasteiger partial charge in [0.15, 0.2) is 0 Å². The summed E-state index contributed by atoms with van der Waals surface area (Å²) in [6.07, 6.45) is 8.98. The molecule has 0 radical (unpaired) electrons. The van der Waals surface area contributed by atoms with Crippen molar-refractivity contribution >= 4 is 34.6 Å². The number of morpholine rings is 1. The number of imidazole rings is 1. The molecule has 0 aliphatic carbocycles. The number of nitrogens with one attached hydrogen (secondary N) is 2. The summed E-state index contributed by atoms with van der Waals surface area (Å²) in [5.74, 6) is 2.61. The van der Waals surface area contributed by atoms with Gasteiger partial charge in [-0.1, -0.05) is 0 Å². The van der Waals surface area contributed by atoms with Gasteiger partial charge in [0.05, 0.1) is 38.4 Å². The van der Waals surface area contributed by atoms with Crippen LogP contribution in [0.3, 0.4) is 0 Å². The highest BCUT2D eigenvalue weighted by molar-refractivity contribution is 5.66. The quantitative estimate of drug-likeness (QED) is 0.489. The van der Waals surface area contributed by atoms with Gasteiger partial charge in [-0.2, -0.15) is 9.97 Å². The minimum atomic E-state index is 0.462. The number of hydrogen-bond donors (Lipinski definition) is 2. The number of rotatable bonds is 6. The first-order valence-electron chi connectivity index (χ1n) is 9.94. The van der Waals surface area contributed by atoms with Gasteiger partial charge in [-0.05, 0) is 6.07 Å². The van der Waals surface area contributed by atoms with Gasteiger partial charge in [0.25, 0.3) is 0 Å². The van der Waals surface area contributed by atoms with E-state index in [1.165, 1.54) is 0 Å². The molecule has 0 spiro atoms. The number of aromatic nitrogens is 5. The summed E-state index contributed by atoms with van der Waals surface area (Å²) in [4.78, 5) is 20.1. The van der Waals surface area contributed by atoms with E-state index < -0.39 is 0 Å². The first kappa shape index (κ1) is 19.1. The molecule has 4 aromatic heterocycles. The lowest BCUT2D eigenvalue weighted by Crippen LogP contribution is -2.36. The minimum Gasteiger partial charge on any atom is -0.495 e. The van der Waals surface area contributed by atoms with E-state index in [1.807, 2.05) is 41.1 Å². The number of pyridine rings is 2. The third kappa shape index (κ3) is 4.33. The Labute approximate surface area is 178 Å². The third-order valence-electron chi connectivity index (χ3n) is 4.92. The Hall–Kier alpha value is -3.92. The molecule has 0 atom stereocenters. The normalized spacial score (nSPS) is 13.9. The van der Waals surface area contributed by atoms with Crippen LogP contribution >= 0.6 is 0 Å². The maximum atomic E-state index is 5.48. The van der Waals surface area contributed by atoms with Gasteiger partial charge >= 0.3 is 0 Å². The van der Waals surface area contributed by atoms with Crippen molar-refractivity contribution in [3.63, 3.8) is 0 Å². The molecular formula is C21H22N8O2. The van der Waals surface area contributed by atoms with E-state index in [0.717, 1.165) is 35.9 Å². The van der Waals surface area contributed by atoms with Crippen molar-refractivity contribution in [1.29, 1.82) is 0 Å². The molecule has 31 heavy (non-hydrogen) atoms. The fraction of sp³-hybridized carbons (Fsp3) is 0.238. The van der Waals surface area contributed by atoms with E-state index in [4.69, 9.17) is 14.5 Å². The zero-order valence-corrected chi connectivity index (χ0v) is 17.0. The van der Waals surface area contributed by atoms with E-state index in [-0.39, 0.29) is 0 Å². The van der Waals surface area contributed by atoms with Gasteiger partial charge in [-0.25, -0.2) is 4.98 Å². The van der Waals surface area contributed by atoms with Crippen LogP contribution < -0.4 is 20.3 Å². The largest absolute Gasteiger partial charge is 0.495 e. The van der Waals surface area contributed by atoms with Gasteiger partial charge in [0, 0.05) is 55.6 Å². The number of anilines is 5. The number of methoxy groups -OCH3 is 1. The molecule has 1 saturated heterocycles. The summed E-state index contributed by atoms with van der Waals surface area (Å²) in [6.45, 7) is 2.89. The highest BCUT2D eigenvalue weighted by Crippen LogP contribution is 2.25. The first-order chi connectivity index (χ1) is 15.3. The molecule has 0 amide bonds. The Morgan fingerprint density at radius 3 is 2.77 bits per heavy atom. The summed E-state index contributed by atoms with van der Waals surface area (Å²) < 4.78 is 12.7. The Bertz CT molecular complexity index is 1190. The molecule has 0 saturated carbocycles. The number of fused-ring (bicyclic) bond motifs is 1. The van der Waals surface area contributed by atoms with Crippen molar-refractivity contribution in [3.8, 4) is 5.75 Å². The predicted octanol–water partition coefficient (Wildman–Crippen LogP) is 2.85. The molecule has 5 heterocycles. The van der Waals surface area contributed by atoms with Crippen molar-refractivity contribution in [1.82, 2.24) is 24.3 Å². The summed E-state index contributed by atoms with van der Waals surface area (Å²) in [5.41, 5.74) is 2.48. The van der Waals surface area contributed by atoms with Crippen LogP contribution in [-0.4, -0.2) is 57.7 Å². The summed E-state index contributed by atoms with van der Waals surface area (Å²) in [5, 5.41) is 6.60. The smallest absolute Gasteiger partial charge is 0.231 e. The molecule has 1 fully saturated rings. The van der Waals surface area contributed by atoms with Crippen LogP contribution in [0, 0.1) is 0 Å². The molecule has 0 bridgehead atoms. The van der Waals surface area contributed by atoms with Crippen LogP contribution in [-0.2, 0) is 4.74 Å². The highest BCUT2D eigenvalue weighted by Gasteiger charge is 2.16. The van der Waals surface area contributed by atoms with Crippen molar-refractivity contribution < 1.29 is 9.47 Å². The molecule has 2 N–H and O–H groups in total. The second-order valence-electron chi connectivity index (χ2n) is 7.01. The van der Waals surface area contributed by atoms with E-state index in [9.17, 15) is 0 Å². The molecule has 10 nitrogen and oxygen atoms in total. The van der Waals surface area contributed by atoms with E-state index in [1.54, 1.807) is 25.7 Å². The topological polar surface area (TPSA) is 102 Å². The molecular weight excluding hydrogens is 396 g/mol. The van der Waals surface area contributed by atoms with E-state index in [0.29, 0.717) is 30.7 Å². The maximum Gasteiger partial charge on any atom is 0.231 e. The average Bonchev–Trinajstić information content (AvgIpc) is 3.27.